The van der Waals surface area contributed by atoms with E-state index in [-0.39, 0.29) is 18.4 Å². The molecular weight excluding hydrogens is 340 g/mol. The van der Waals surface area contributed by atoms with Crippen LogP contribution in [0.15, 0.2) is 40.3 Å². The van der Waals surface area contributed by atoms with E-state index in [0.29, 0.717) is 31.9 Å². The molecule has 1 aliphatic heterocycles. The van der Waals surface area contributed by atoms with Gasteiger partial charge < -0.3 is 19.3 Å². The molecule has 0 aromatic carbocycles. The predicted octanol–water partition coefficient (Wildman–Crippen LogP) is 2.22. The summed E-state index contributed by atoms with van der Waals surface area (Å²) >= 11 is 1.49. The van der Waals surface area contributed by atoms with Crippen LogP contribution in [0.5, 0.6) is 0 Å². The fraction of sp³-hybridized carbons (Fsp3) is 0.333. The number of furan rings is 1. The summed E-state index contributed by atoms with van der Waals surface area (Å²) in [5.74, 6) is 0.133. The van der Waals surface area contributed by atoms with E-state index in [1.54, 1.807) is 34.1 Å². The molecule has 1 saturated heterocycles. The third-order valence-electron chi connectivity index (χ3n) is 4.07. The monoisotopic (exact) mass is 360 g/mol. The molecule has 3 heterocycles. The van der Waals surface area contributed by atoms with Gasteiger partial charge in [-0.25, -0.2) is 0 Å². The van der Waals surface area contributed by atoms with Crippen molar-refractivity contribution in [1.82, 2.24) is 9.80 Å². The summed E-state index contributed by atoms with van der Waals surface area (Å²) in [4.78, 5) is 29.1. The number of aliphatic hydroxyl groups is 1. The third-order valence-corrected chi connectivity index (χ3v) is 5.02. The Morgan fingerprint density at radius 2 is 2.04 bits per heavy atom. The maximum atomic E-state index is 12.4. The van der Waals surface area contributed by atoms with Crippen LogP contribution in [0, 0.1) is 0 Å². The molecule has 1 N–H and O–H groups in total. The zero-order valence-corrected chi connectivity index (χ0v) is 14.6. The van der Waals surface area contributed by atoms with E-state index in [0.717, 1.165) is 16.9 Å². The van der Waals surface area contributed by atoms with E-state index in [1.165, 1.54) is 17.6 Å². The molecule has 0 spiro atoms. The topological polar surface area (TPSA) is 74.0 Å². The average molecular weight is 360 g/mol. The number of carbonyl (C=O) groups is 2. The maximum absolute atomic E-state index is 12.4. The second-order valence-corrected chi connectivity index (χ2v) is 6.74. The van der Waals surface area contributed by atoms with Gasteiger partial charge in [0, 0.05) is 37.1 Å². The molecule has 1 fully saturated rings. The molecule has 132 valence electrons. The van der Waals surface area contributed by atoms with Gasteiger partial charge >= 0.3 is 0 Å². The maximum Gasteiger partial charge on any atom is 0.289 e. The molecule has 0 atom stereocenters. The van der Waals surface area contributed by atoms with Crippen LogP contribution in [0.3, 0.4) is 0 Å². The summed E-state index contributed by atoms with van der Waals surface area (Å²) in [6, 6.07) is 5.21. The summed E-state index contributed by atoms with van der Waals surface area (Å²) in [7, 11) is 0. The molecule has 25 heavy (non-hydrogen) atoms. The van der Waals surface area contributed by atoms with E-state index in [9.17, 15) is 9.59 Å². The summed E-state index contributed by atoms with van der Waals surface area (Å²) in [6.07, 6.45) is 5.54. The zero-order valence-electron chi connectivity index (χ0n) is 13.8. The minimum absolute atomic E-state index is 0.00391. The molecule has 3 rings (SSSR count). The molecule has 0 unspecified atom stereocenters. The largest absolute Gasteiger partial charge is 0.459 e. The zero-order chi connectivity index (χ0) is 17.6. The molecule has 2 aromatic rings. The SMILES string of the molecule is O=C(/C=C/c1cc(CO)cs1)N1CCCN(C(=O)c2ccco2)CC1. The first kappa shape index (κ1) is 17.4. The first-order valence-electron chi connectivity index (χ1n) is 8.15. The number of hydrogen-bond acceptors (Lipinski definition) is 5. The van der Waals surface area contributed by atoms with Crippen molar-refractivity contribution >= 4 is 29.2 Å². The van der Waals surface area contributed by atoms with Crippen LogP contribution in [0.4, 0.5) is 0 Å². The van der Waals surface area contributed by atoms with Gasteiger partial charge in [-0.3, -0.25) is 9.59 Å². The van der Waals surface area contributed by atoms with Crippen LogP contribution in [-0.2, 0) is 11.4 Å². The van der Waals surface area contributed by atoms with Crippen molar-refractivity contribution in [3.63, 3.8) is 0 Å². The van der Waals surface area contributed by atoms with Crippen LogP contribution in [0.1, 0.15) is 27.4 Å². The summed E-state index contributed by atoms with van der Waals surface area (Å²) < 4.78 is 5.16. The number of aliphatic hydroxyl groups excluding tert-OH is 1. The second kappa shape index (κ2) is 8.13. The Morgan fingerprint density at radius 3 is 2.76 bits per heavy atom. The minimum Gasteiger partial charge on any atom is -0.459 e. The molecule has 0 bridgehead atoms. The summed E-state index contributed by atoms with van der Waals surface area (Å²) in [5, 5.41) is 10.9. The van der Waals surface area contributed by atoms with Crippen LogP contribution in [0.25, 0.3) is 6.08 Å². The van der Waals surface area contributed by atoms with Crippen molar-refractivity contribution in [2.24, 2.45) is 0 Å². The van der Waals surface area contributed by atoms with Gasteiger partial charge in [-0.15, -0.1) is 11.3 Å². The van der Waals surface area contributed by atoms with Crippen molar-refractivity contribution in [1.29, 1.82) is 0 Å². The third kappa shape index (κ3) is 4.37. The van der Waals surface area contributed by atoms with E-state index >= 15 is 0 Å². The highest BCUT2D eigenvalue weighted by Gasteiger charge is 2.23. The number of hydrogen-bond donors (Lipinski definition) is 1. The lowest BCUT2D eigenvalue weighted by molar-refractivity contribution is -0.125. The lowest BCUT2D eigenvalue weighted by atomic mass is 10.3. The van der Waals surface area contributed by atoms with Gasteiger partial charge in [0.2, 0.25) is 5.91 Å². The normalized spacial score (nSPS) is 15.6. The number of carbonyl (C=O) groups excluding carboxylic acids is 2. The van der Waals surface area contributed by atoms with Crippen molar-refractivity contribution in [3.05, 3.63) is 52.1 Å². The standard InChI is InChI=1S/C18H20N2O4S/c21-12-14-11-15(25-13-14)4-5-17(22)19-6-2-7-20(9-8-19)18(23)16-3-1-10-24-16/h1,3-5,10-11,13,21H,2,6-9,12H2/b5-4+. The van der Waals surface area contributed by atoms with Crippen molar-refractivity contribution < 1.29 is 19.1 Å². The smallest absolute Gasteiger partial charge is 0.289 e. The van der Waals surface area contributed by atoms with Crippen molar-refractivity contribution in [2.75, 3.05) is 26.2 Å². The molecule has 2 amide bonds. The lowest BCUT2D eigenvalue weighted by Gasteiger charge is -2.20. The van der Waals surface area contributed by atoms with E-state index < -0.39 is 0 Å². The van der Waals surface area contributed by atoms with Gasteiger partial charge in [0.15, 0.2) is 5.76 Å². The van der Waals surface area contributed by atoms with Gasteiger partial charge in [0.25, 0.3) is 5.91 Å². The minimum atomic E-state index is -0.134. The van der Waals surface area contributed by atoms with Gasteiger partial charge in [-0.2, -0.15) is 0 Å². The van der Waals surface area contributed by atoms with Gasteiger partial charge in [0.05, 0.1) is 12.9 Å². The fourth-order valence-electron chi connectivity index (χ4n) is 2.72. The van der Waals surface area contributed by atoms with Gasteiger partial charge in [-0.05, 0) is 41.6 Å². The number of rotatable bonds is 4. The van der Waals surface area contributed by atoms with Gasteiger partial charge in [-0.1, -0.05) is 0 Å². The number of thiophene rings is 1. The van der Waals surface area contributed by atoms with Crippen LogP contribution >= 0.6 is 11.3 Å². The average Bonchev–Trinajstić information content (AvgIpc) is 3.26. The molecule has 7 heteroatoms. The molecule has 6 nitrogen and oxygen atoms in total. The Balaban J connectivity index is 1.57. The van der Waals surface area contributed by atoms with E-state index in [4.69, 9.17) is 9.52 Å². The van der Waals surface area contributed by atoms with Crippen LogP contribution in [0.2, 0.25) is 0 Å². The molecule has 0 saturated carbocycles. The van der Waals surface area contributed by atoms with E-state index in [2.05, 4.69) is 0 Å². The Bertz CT molecular complexity index is 751. The Hall–Kier alpha value is -2.38. The molecule has 2 aromatic heterocycles. The molecule has 0 aliphatic carbocycles. The van der Waals surface area contributed by atoms with Crippen molar-refractivity contribution in [2.45, 2.75) is 13.0 Å². The number of amides is 2. The summed E-state index contributed by atoms with van der Waals surface area (Å²) in [5.41, 5.74) is 0.846. The Labute approximate surface area is 150 Å². The highest BCUT2D eigenvalue weighted by Crippen LogP contribution is 2.16. The van der Waals surface area contributed by atoms with Crippen LogP contribution in [-0.4, -0.2) is 52.9 Å². The van der Waals surface area contributed by atoms with Gasteiger partial charge in [0.1, 0.15) is 0 Å². The van der Waals surface area contributed by atoms with E-state index in [1.807, 2.05) is 11.4 Å². The Kier molecular flexibility index (Phi) is 5.67. The fourth-order valence-corrected chi connectivity index (χ4v) is 3.52. The highest BCUT2D eigenvalue weighted by atomic mass is 32.1. The Morgan fingerprint density at radius 1 is 1.24 bits per heavy atom. The lowest BCUT2D eigenvalue weighted by Crippen LogP contribution is -2.36. The van der Waals surface area contributed by atoms with Crippen LogP contribution < -0.4 is 0 Å². The second-order valence-electron chi connectivity index (χ2n) is 5.80. The quantitative estimate of drug-likeness (QED) is 0.849. The molecular formula is C18H20N2O4S. The molecule has 0 radical (unpaired) electrons. The number of nitrogens with zero attached hydrogens (tertiary/aromatic N) is 2. The predicted molar refractivity (Wildman–Crippen MR) is 95.1 cm³/mol. The molecule has 1 aliphatic rings. The van der Waals surface area contributed by atoms with Crippen molar-refractivity contribution in [3.8, 4) is 0 Å². The first-order chi connectivity index (χ1) is 12.2. The first-order valence-corrected chi connectivity index (χ1v) is 9.03. The summed E-state index contributed by atoms with van der Waals surface area (Å²) in [6.45, 7) is 2.23. The highest BCUT2D eigenvalue weighted by molar-refractivity contribution is 7.11.